The van der Waals surface area contributed by atoms with E-state index in [1.807, 2.05) is 91.5 Å². The molecule has 260 valence electrons. The lowest BCUT2D eigenvalue weighted by Gasteiger charge is -2.32. The highest BCUT2D eigenvalue weighted by molar-refractivity contribution is 7.90. The molecule has 1 fully saturated rings. The fourth-order valence-electron chi connectivity index (χ4n) is 6.06. The number of likely N-dealkylation sites (N-methyl/N-ethyl adjacent to an activating group) is 1. The lowest BCUT2D eigenvalue weighted by Crippen LogP contribution is -2.43. The maximum atomic E-state index is 14.6. The number of amides is 1. The first-order chi connectivity index (χ1) is 24.0. The molecule has 2 aromatic heterocycles. The van der Waals surface area contributed by atoms with E-state index in [4.69, 9.17) is 4.74 Å². The Morgan fingerprint density at radius 1 is 0.940 bits per heavy atom. The second kappa shape index (κ2) is 14.8. The van der Waals surface area contributed by atoms with Crippen LogP contribution in [0.15, 0.2) is 95.0 Å². The van der Waals surface area contributed by atoms with Crippen LogP contribution in [0, 0.1) is 6.92 Å². The van der Waals surface area contributed by atoms with Gasteiger partial charge >= 0.3 is 6.09 Å². The van der Waals surface area contributed by atoms with Gasteiger partial charge < -0.3 is 14.5 Å². The van der Waals surface area contributed by atoms with Gasteiger partial charge in [0.05, 0.1) is 17.1 Å². The second-order valence-corrected chi connectivity index (χ2v) is 14.4. The summed E-state index contributed by atoms with van der Waals surface area (Å²) in [6.45, 7) is 8.99. The summed E-state index contributed by atoms with van der Waals surface area (Å²) >= 11 is 0. The Balaban J connectivity index is 1.40. The number of hydrogen-bond donors (Lipinski definition) is 1. The number of aryl methyl sites for hydroxylation is 1. The Labute approximate surface area is 291 Å². The van der Waals surface area contributed by atoms with Gasteiger partial charge in [-0.25, -0.2) is 18.2 Å². The van der Waals surface area contributed by atoms with Crippen LogP contribution >= 0.6 is 0 Å². The van der Waals surface area contributed by atoms with Gasteiger partial charge in [0.2, 0.25) is 15.0 Å². The normalized spacial score (nSPS) is 14.1. The molecule has 12 nitrogen and oxygen atoms in total. The first kappa shape index (κ1) is 34.7. The molecule has 0 bridgehead atoms. The average molecular weight is 696 g/mol. The summed E-state index contributed by atoms with van der Waals surface area (Å²) in [5.74, 6) is 0. The van der Waals surface area contributed by atoms with Crippen LogP contribution in [-0.4, -0.2) is 84.9 Å². The van der Waals surface area contributed by atoms with Crippen molar-refractivity contribution in [2.45, 2.75) is 32.2 Å². The Morgan fingerprint density at radius 2 is 1.66 bits per heavy atom. The number of nitrogens with one attached hydrogen (secondary N) is 1. The summed E-state index contributed by atoms with van der Waals surface area (Å²) in [6.07, 6.45) is 1.83. The molecule has 0 aliphatic carbocycles. The predicted molar refractivity (Wildman–Crippen MR) is 195 cm³/mol. The van der Waals surface area contributed by atoms with Crippen LogP contribution in [0.1, 0.15) is 23.6 Å². The van der Waals surface area contributed by atoms with E-state index < -0.39 is 21.5 Å². The maximum absolute atomic E-state index is 14.6. The standard InChI is InChI=1S/C37H41N7O5S/c1-5-43(31-13-9-10-26(2)33(31)39-37(46)49-25-28-11-7-6-8-12-28)32-22-29-23-38-36(50(4,47)48)40-34(29)44(35(32)45)30-16-14-27(15-17-30)24-42-20-18-41(3)19-21-42/h6-17,22-23H,5,18-21,24-25H2,1-4H3,(H,39,46). The number of rotatable bonds is 10. The van der Waals surface area contributed by atoms with Crippen molar-refractivity contribution in [1.82, 2.24) is 24.3 Å². The lowest BCUT2D eigenvalue weighted by molar-refractivity contribution is 0.148. The van der Waals surface area contributed by atoms with Crippen molar-refractivity contribution in [3.8, 4) is 5.69 Å². The van der Waals surface area contributed by atoms with E-state index in [1.165, 1.54) is 10.8 Å². The van der Waals surface area contributed by atoms with Gasteiger partial charge in [-0.1, -0.05) is 54.6 Å². The monoisotopic (exact) mass is 695 g/mol. The molecule has 0 saturated carbocycles. The minimum absolute atomic E-state index is 0.102. The van der Waals surface area contributed by atoms with Gasteiger partial charge in [-0.15, -0.1) is 0 Å². The third-order valence-corrected chi connectivity index (χ3v) is 9.68. The third kappa shape index (κ3) is 7.70. The van der Waals surface area contributed by atoms with Crippen LogP contribution in [0.2, 0.25) is 0 Å². The third-order valence-electron chi connectivity index (χ3n) is 8.82. The first-order valence-corrected chi connectivity index (χ1v) is 18.4. The fraction of sp³-hybridized carbons (Fsp3) is 0.297. The second-order valence-electron chi connectivity index (χ2n) is 12.5. The summed E-state index contributed by atoms with van der Waals surface area (Å²) in [5.41, 5.74) is 4.40. The molecule has 3 heterocycles. The zero-order valence-electron chi connectivity index (χ0n) is 28.7. The van der Waals surface area contributed by atoms with E-state index >= 15 is 0 Å². The summed E-state index contributed by atoms with van der Waals surface area (Å²) < 4.78 is 31.9. The Morgan fingerprint density at radius 3 is 2.34 bits per heavy atom. The first-order valence-electron chi connectivity index (χ1n) is 16.5. The van der Waals surface area contributed by atoms with Gasteiger partial charge in [0, 0.05) is 57.1 Å². The average Bonchev–Trinajstić information content (AvgIpc) is 3.10. The number of ether oxygens (including phenoxy) is 1. The van der Waals surface area contributed by atoms with E-state index in [1.54, 1.807) is 6.07 Å². The number of anilines is 3. The number of nitrogens with zero attached hydrogens (tertiary/aromatic N) is 6. The summed E-state index contributed by atoms with van der Waals surface area (Å²) in [6, 6.07) is 24.3. The van der Waals surface area contributed by atoms with Crippen LogP contribution in [0.4, 0.5) is 21.9 Å². The SMILES string of the molecule is CCN(c1cccc(C)c1NC(=O)OCc1ccccc1)c1cc2cnc(S(C)(=O)=O)nc2n(-c2ccc(CN3CCN(C)CC3)cc2)c1=O. The minimum Gasteiger partial charge on any atom is -0.444 e. The number of para-hydroxylation sites is 1. The number of carbonyl (C=O) groups excluding carboxylic acids is 1. The van der Waals surface area contributed by atoms with Crippen molar-refractivity contribution < 1.29 is 17.9 Å². The molecular formula is C37H41N7O5S. The molecule has 1 N–H and O–H groups in total. The van der Waals surface area contributed by atoms with Gasteiger partial charge in [0.25, 0.3) is 5.56 Å². The Hall–Kier alpha value is -5.11. The van der Waals surface area contributed by atoms with Gasteiger partial charge in [-0.3, -0.25) is 19.6 Å². The van der Waals surface area contributed by atoms with Crippen molar-refractivity contribution >= 4 is 44.0 Å². The fourth-order valence-corrected chi connectivity index (χ4v) is 6.56. The quantitative estimate of drug-likeness (QED) is 0.196. The van der Waals surface area contributed by atoms with Crippen LogP contribution in [0.3, 0.4) is 0 Å². The molecule has 0 atom stereocenters. The maximum Gasteiger partial charge on any atom is 0.412 e. The number of pyridine rings is 1. The largest absolute Gasteiger partial charge is 0.444 e. The molecule has 0 radical (unpaired) electrons. The summed E-state index contributed by atoms with van der Waals surface area (Å²) in [4.78, 5) is 42.6. The van der Waals surface area contributed by atoms with Crippen molar-refractivity contribution in [3.05, 3.63) is 112 Å². The van der Waals surface area contributed by atoms with Gasteiger partial charge in [-0.2, -0.15) is 4.98 Å². The zero-order chi connectivity index (χ0) is 35.4. The molecule has 5 aromatic rings. The van der Waals surface area contributed by atoms with Crippen molar-refractivity contribution in [2.24, 2.45) is 0 Å². The van der Waals surface area contributed by atoms with Gasteiger partial charge in [0.1, 0.15) is 12.3 Å². The molecule has 1 aliphatic heterocycles. The number of carbonyl (C=O) groups is 1. The molecule has 0 unspecified atom stereocenters. The number of fused-ring (bicyclic) bond motifs is 1. The number of benzene rings is 3. The van der Waals surface area contributed by atoms with E-state index in [0.29, 0.717) is 34.7 Å². The molecule has 13 heteroatoms. The topological polar surface area (TPSA) is 130 Å². The molecular weight excluding hydrogens is 655 g/mol. The predicted octanol–water partition coefficient (Wildman–Crippen LogP) is 5.15. The number of aromatic nitrogens is 3. The van der Waals surface area contributed by atoms with E-state index in [2.05, 4.69) is 32.1 Å². The van der Waals surface area contributed by atoms with Crippen LogP contribution in [0.25, 0.3) is 16.7 Å². The molecule has 0 spiro atoms. The van der Waals surface area contributed by atoms with Crippen molar-refractivity contribution in [3.63, 3.8) is 0 Å². The minimum atomic E-state index is -3.76. The van der Waals surface area contributed by atoms with Crippen molar-refractivity contribution in [2.75, 3.05) is 56.2 Å². The summed E-state index contributed by atoms with van der Waals surface area (Å²) in [7, 11) is -1.64. The van der Waals surface area contributed by atoms with Gasteiger partial charge in [-0.05, 0) is 61.9 Å². The van der Waals surface area contributed by atoms with Crippen molar-refractivity contribution in [1.29, 1.82) is 0 Å². The van der Waals surface area contributed by atoms with Gasteiger partial charge in [0.15, 0.2) is 5.65 Å². The van der Waals surface area contributed by atoms with Crippen LogP contribution < -0.4 is 15.8 Å². The smallest absolute Gasteiger partial charge is 0.412 e. The van der Waals surface area contributed by atoms with E-state index in [9.17, 15) is 18.0 Å². The lowest BCUT2D eigenvalue weighted by atomic mass is 10.1. The highest BCUT2D eigenvalue weighted by atomic mass is 32.2. The molecule has 50 heavy (non-hydrogen) atoms. The molecule has 1 aliphatic rings. The van der Waals surface area contributed by atoms with E-state index in [0.717, 1.165) is 55.7 Å². The molecule has 1 amide bonds. The number of hydrogen-bond acceptors (Lipinski definition) is 10. The Kier molecular flexibility index (Phi) is 10.3. The number of sulfone groups is 1. The van der Waals surface area contributed by atoms with Crippen LogP contribution in [-0.2, 0) is 27.7 Å². The van der Waals surface area contributed by atoms with E-state index in [-0.39, 0.29) is 17.4 Å². The van der Waals surface area contributed by atoms with Crippen LogP contribution in [0.5, 0.6) is 0 Å². The molecule has 6 rings (SSSR count). The Bertz CT molecular complexity index is 2170. The highest BCUT2D eigenvalue weighted by Crippen LogP contribution is 2.34. The molecule has 1 saturated heterocycles. The summed E-state index contributed by atoms with van der Waals surface area (Å²) in [5, 5.41) is 2.99. The highest BCUT2D eigenvalue weighted by Gasteiger charge is 2.23. The zero-order valence-corrected chi connectivity index (χ0v) is 29.5. The number of piperazine rings is 1. The molecule has 3 aromatic carbocycles.